The normalized spacial score (nSPS) is 10.2. The summed E-state index contributed by atoms with van der Waals surface area (Å²) in [7, 11) is 0. The summed E-state index contributed by atoms with van der Waals surface area (Å²) < 4.78 is 18.2. The minimum atomic E-state index is -0.686. The molecule has 0 heterocycles. The molecule has 2 aromatic rings. The van der Waals surface area contributed by atoms with Gasteiger partial charge in [0.2, 0.25) is 0 Å². The molecule has 0 saturated heterocycles. The summed E-state index contributed by atoms with van der Waals surface area (Å²) in [5.41, 5.74) is 0.215. The molecule has 136 valence electrons. The number of esters is 1. The monoisotopic (exact) mass is 378 g/mol. The summed E-state index contributed by atoms with van der Waals surface area (Å²) in [6.07, 6.45) is 0. The Labute approximate surface area is 152 Å². The number of rotatable bonds is 8. The van der Waals surface area contributed by atoms with Gasteiger partial charge in [-0.3, -0.25) is 19.7 Å². The molecule has 1 N–H and O–H groups in total. The molecule has 0 atom stereocenters. The smallest absolute Gasteiger partial charge is 0.316 e. The summed E-state index contributed by atoms with van der Waals surface area (Å²) >= 11 is 0.950. The van der Waals surface area contributed by atoms with Gasteiger partial charge in [-0.2, -0.15) is 0 Å². The lowest BCUT2D eigenvalue weighted by molar-refractivity contribution is -0.387. The van der Waals surface area contributed by atoms with E-state index in [1.165, 1.54) is 36.4 Å². The number of carbonyl (C=O) groups is 2. The van der Waals surface area contributed by atoms with Crippen molar-refractivity contribution in [3.63, 3.8) is 0 Å². The second-order valence-electron chi connectivity index (χ2n) is 5.04. The zero-order chi connectivity index (χ0) is 18.9. The Bertz CT molecular complexity index is 815. The molecule has 0 fully saturated rings. The molecule has 0 bridgehead atoms. The van der Waals surface area contributed by atoms with Crippen molar-refractivity contribution in [1.29, 1.82) is 0 Å². The van der Waals surface area contributed by atoms with E-state index in [1.807, 2.05) is 0 Å². The molecule has 0 aliphatic heterocycles. The summed E-state index contributed by atoms with van der Waals surface area (Å²) in [5, 5.41) is 13.3. The number of thioether (sulfide) groups is 1. The fourth-order valence-electron chi connectivity index (χ4n) is 1.94. The molecule has 0 aromatic heterocycles. The van der Waals surface area contributed by atoms with Crippen molar-refractivity contribution < 1.29 is 23.6 Å². The highest BCUT2D eigenvalue weighted by Crippen LogP contribution is 2.28. The first kappa shape index (κ1) is 19.4. The summed E-state index contributed by atoms with van der Waals surface area (Å²) in [6, 6.07) is 12.0. The number of carbonyl (C=O) groups excluding carboxylic acids is 2. The fraction of sp³-hybridized carbons (Fsp3) is 0.176. The van der Waals surface area contributed by atoms with Gasteiger partial charge in [-0.15, -0.1) is 11.8 Å². The number of para-hydroxylation sites is 1. The Morgan fingerprint density at radius 3 is 2.58 bits per heavy atom. The second kappa shape index (κ2) is 9.52. The van der Waals surface area contributed by atoms with Gasteiger partial charge in [-0.25, -0.2) is 4.39 Å². The summed E-state index contributed by atoms with van der Waals surface area (Å²) in [6.45, 7) is -0.529. The quantitative estimate of drug-likeness (QED) is 0.328. The zero-order valence-corrected chi connectivity index (χ0v) is 14.3. The maximum Gasteiger partial charge on any atom is 0.316 e. The number of hydrogen-bond acceptors (Lipinski definition) is 6. The van der Waals surface area contributed by atoms with Crippen molar-refractivity contribution in [2.45, 2.75) is 11.4 Å². The Morgan fingerprint density at radius 2 is 1.85 bits per heavy atom. The fourth-order valence-corrected chi connectivity index (χ4v) is 2.76. The van der Waals surface area contributed by atoms with Gasteiger partial charge in [0.1, 0.15) is 5.82 Å². The van der Waals surface area contributed by atoms with Crippen LogP contribution >= 0.6 is 11.8 Å². The van der Waals surface area contributed by atoms with Crippen LogP contribution in [0, 0.1) is 15.9 Å². The van der Waals surface area contributed by atoms with Crippen molar-refractivity contribution >= 4 is 29.3 Å². The van der Waals surface area contributed by atoms with Gasteiger partial charge in [-0.05, 0) is 12.1 Å². The maximum atomic E-state index is 13.4. The lowest BCUT2D eigenvalue weighted by Crippen LogP contribution is -2.29. The first-order valence-electron chi connectivity index (χ1n) is 7.49. The molecule has 1 amide bonds. The summed E-state index contributed by atoms with van der Waals surface area (Å²) in [5.74, 6) is -1.87. The highest BCUT2D eigenvalue weighted by Gasteiger charge is 2.15. The van der Waals surface area contributed by atoms with Gasteiger partial charge < -0.3 is 10.1 Å². The molecule has 9 heteroatoms. The number of nitrogens with one attached hydrogen (secondary N) is 1. The predicted octanol–water partition coefficient (Wildman–Crippen LogP) is 2.69. The molecule has 7 nitrogen and oxygen atoms in total. The first-order chi connectivity index (χ1) is 12.5. The molecule has 0 saturated carbocycles. The lowest BCUT2D eigenvalue weighted by atomic mass is 10.2. The van der Waals surface area contributed by atoms with E-state index in [4.69, 9.17) is 4.74 Å². The molecule has 0 unspecified atom stereocenters. The third-order valence-electron chi connectivity index (χ3n) is 3.21. The van der Waals surface area contributed by atoms with Crippen LogP contribution in [-0.4, -0.2) is 29.2 Å². The van der Waals surface area contributed by atoms with Crippen molar-refractivity contribution in [1.82, 2.24) is 5.32 Å². The second-order valence-corrected chi connectivity index (χ2v) is 6.06. The van der Waals surface area contributed by atoms with Crippen molar-refractivity contribution in [2.75, 3.05) is 12.4 Å². The summed E-state index contributed by atoms with van der Waals surface area (Å²) in [4.78, 5) is 34.0. The molecule has 0 aliphatic carbocycles. The van der Waals surface area contributed by atoms with Crippen LogP contribution in [0.4, 0.5) is 10.1 Å². The minimum Gasteiger partial charge on any atom is -0.455 e. The molecule has 0 radical (unpaired) electrons. The molecule has 26 heavy (non-hydrogen) atoms. The van der Waals surface area contributed by atoms with E-state index >= 15 is 0 Å². The zero-order valence-electron chi connectivity index (χ0n) is 13.5. The number of halogens is 1. The molecule has 0 spiro atoms. The lowest BCUT2D eigenvalue weighted by Gasteiger charge is -2.07. The van der Waals surface area contributed by atoms with Crippen LogP contribution in [0.2, 0.25) is 0 Å². The van der Waals surface area contributed by atoms with E-state index in [-0.39, 0.29) is 18.0 Å². The Morgan fingerprint density at radius 1 is 1.15 bits per heavy atom. The van der Waals surface area contributed by atoms with E-state index in [1.54, 1.807) is 12.1 Å². The van der Waals surface area contributed by atoms with Gasteiger partial charge in [0.15, 0.2) is 6.61 Å². The van der Waals surface area contributed by atoms with Crippen LogP contribution in [0.3, 0.4) is 0 Å². The van der Waals surface area contributed by atoms with Crippen LogP contribution in [-0.2, 0) is 20.9 Å². The highest BCUT2D eigenvalue weighted by molar-refractivity contribution is 8.00. The molecule has 0 aliphatic rings. The van der Waals surface area contributed by atoms with Crippen LogP contribution in [0.1, 0.15) is 5.56 Å². The topological polar surface area (TPSA) is 98.5 Å². The number of nitro groups is 1. The SMILES string of the molecule is O=C(COC(=O)CSc1ccccc1[N+](=O)[O-])NCc1ccccc1F. The largest absolute Gasteiger partial charge is 0.455 e. The van der Waals surface area contributed by atoms with Gasteiger partial charge in [0.05, 0.1) is 15.6 Å². The van der Waals surface area contributed by atoms with Crippen LogP contribution in [0.5, 0.6) is 0 Å². The number of nitrogens with zero attached hydrogens (tertiary/aromatic N) is 1. The van der Waals surface area contributed by atoms with Crippen molar-refractivity contribution in [3.8, 4) is 0 Å². The average Bonchev–Trinajstić information content (AvgIpc) is 2.64. The number of amides is 1. The first-order valence-corrected chi connectivity index (χ1v) is 8.48. The highest BCUT2D eigenvalue weighted by atomic mass is 32.2. The number of nitro benzene ring substituents is 1. The number of ether oxygens (including phenoxy) is 1. The van der Waals surface area contributed by atoms with Crippen molar-refractivity contribution in [3.05, 3.63) is 70.0 Å². The Hall–Kier alpha value is -2.94. The van der Waals surface area contributed by atoms with E-state index < -0.39 is 29.2 Å². The van der Waals surface area contributed by atoms with E-state index in [2.05, 4.69) is 5.32 Å². The standard InChI is InChI=1S/C17H15FN2O5S/c18-13-6-2-1-5-12(13)9-19-16(21)10-25-17(22)11-26-15-8-4-3-7-14(15)20(23)24/h1-8H,9-11H2,(H,19,21). The average molecular weight is 378 g/mol. The predicted molar refractivity (Wildman–Crippen MR) is 93.0 cm³/mol. The van der Waals surface area contributed by atoms with E-state index in [0.29, 0.717) is 10.5 Å². The van der Waals surface area contributed by atoms with E-state index in [0.717, 1.165) is 11.8 Å². The Kier molecular flexibility index (Phi) is 7.10. The Balaban J connectivity index is 1.74. The van der Waals surface area contributed by atoms with Crippen molar-refractivity contribution in [2.24, 2.45) is 0 Å². The molecular weight excluding hydrogens is 363 g/mol. The number of benzene rings is 2. The van der Waals surface area contributed by atoms with Gasteiger partial charge in [0, 0.05) is 18.2 Å². The van der Waals surface area contributed by atoms with Gasteiger partial charge in [0.25, 0.3) is 11.6 Å². The third-order valence-corrected chi connectivity index (χ3v) is 4.24. The van der Waals surface area contributed by atoms with Crippen LogP contribution in [0.25, 0.3) is 0 Å². The number of hydrogen-bond donors (Lipinski definition) is 1. The van der Waals surface area contributed by atoms with Gasteiger partial charge >= 0.3 is 5.97 Å². The minimum absolute atomic E-state index is 0.0198. The van der Waals surface area contributed by atoms with Crippen LogP contribution in [0.15, 0.2) is 53.4 Å². The van der Waals surface area contributed by atoms with Crippen LogP contribution < -0.4 is 5.32 Å². The molecular formula is C17H15FN2O5S. The molecule has 2 aromatic carbocycles. The maximum absolute atomic E-state index is 13.4. The molecule has 2 rings (SSSR count). The van der Waals surface area contributed by atoms with Gasteiger partial charge in [-0.1, -0.05) is 30.3 Å². The third kappa shape index (κ3) is 5.85. The van der Waals surface area contributed by atoms with E-state index in [9.17, 15) is 24.1 Å².